The lowest BCUT2D eigenvalue weighted by Gasteiger charge is -2.25. The van der Waals surface area contributed by atoms with E-state index < -0.39 is 0 Å². The van der Waals surface area contributed by atoms with Crippen LogP contribution in [0.4, 0.5) is 0 Å². The number of likely N-dealkylation sites (tertiary alicyclic amines) is 1. The fourth-order valence-corrected chi connectivity index (χ4v) is 4.60. The second-order valence-electron chi connectivity index (χ2n) is 6.77. The molecule has 0 saturated carbocycles. The van der Waals surface area contributed by atoms with E-state index in [1.54, 1.807) is 13.4 Å². The van der Waals surface area contributed by atoms with Gasteiger partial charge in [0.2, 0.25) is 5.91 Å². The molecule has 1 atom stereocenters. The van der Waals surface area contributed by atoms with Crippen LogP contribution in [0.3, 0.4) is 0 Å². The quantitative estimate of drug-likeness (QED) is 0.545. The first kappa shape index (κ1) is 19.8. The van der Waals surface area contributed by atoms with Crippen LogP contribution in [0.25, 0.3) is 5.69 Å². The van der Waals surface area contributed by atoms with Crippen molar-refractivity contribution in [1.82, 2.24) is 19.7 Å². The molecule has 4 rings (SSSR count). The van der Waals surface area contributed by atoms with Crippen LogP contribution in [0, 0.1) is 0 Å². The molecule has 0 spiro atoms. The molecule has 1 saturated heterocycles. The van der Waals surface area contributed by atoms with Gasteiger partial charge in [0, 0.05) is 11.6 Å². The molecule has 8 heteroatoms. The number of benzene rings is 2. The van der Waals surface area contributed by atoms with Crippen molar-refractivity contribution < 1.29 is 9.53 Å². The van der Waals surface area contributed by atoms with Crippen molar-refractivity contribution in [2.75, 3.05) is 19.4 Å². The first-order valence-corrected chi connectivity index (χ1v) is 10.7. The van der Waals surface area contributed by atoms with Crippen molar-refractivity contribution in [1.29, 1.82) is 0 Å². The number of carbonyl (C=O) groups excluding carboxylic acids is 1. The standard InChI is InChI=1S/C21H21ClN4O2S/c1-28-18-8-2-5-15(11-18)19-9-4-10-25(19)20(27)13-29-21-24-23-14-26(21)17-7-3-6-16(22)12-17/h2-3,5-8,11-12,14,19H,4,9-10,13H2,1H3/t19-/m0/s1. The van der Waals surface area contributed by atoms with Crippen molar-refractivity contribution in [2.24, 2.45) is 0 Å². The van der Waals surface area contributed by atoms with Crippen molar-refractivity contribution in [3.05, 3.63) is 65.4 Å². The lowest BCUT2D eigenvalue weighted by molar-refractivity contribution is -0.129. The van der Waals surface area contributed by atoms with E-state index in [9.17, 15) is 4.79 Å². The summed E-state index contributed by atoms with van der Waals surface area (Å²) < 4.78 is 7.18. The molecule has 6 nitrogen and oxygen atoms in total. The molecule has 150 valence electrons. The van der Waals surface area contributed by atoms with Crippen LogP contribution in [0.15, 0.2) is 60.0 Å². The first-order chi connectivity index (χ1) is 14.2. The maximum Gasteiger partial charge on any atom is 0.233 e. The molecular weight excluding hydrogens is 408 g/mol. The molecule has 1 aliphatic heterocycles. The fraction of sp³-hybridized carbons (Fsp3) is 0.286. The van der Waals surface area contributed by atoms with Gasteiger partial charge < -0.3 is 9.64 Å². The highest BCUT2D eigenvalue weighted by atomic mass is 35.5. The molecule has 2 aromatic carbocycles. The molecule has 1 aromatic heterocycles. The normalized spacial score (nSPS) is 16.2. The van der Waals surface area contributed by atoms with Gasteiger partial charge in [0.05, 0.1) is 24.6 Å². The fourth-order valence-electron chi connectivity index (χ4n) is 3.60. The minimum atomic E-state index is 0.0870. The lowest BCUT2D eigenvalue weighted by atomic mass is 10.0. The molecule has 0 N–H and O–H groups in total. The van der Waals surface area contributed by atoms with Gasteiger partial charge in [-0.1, -0.05) is 41.6 Å². The molecule has 1 fully saturated rings. The summed E-state index contributed by atoms with van der Waals surface area (Å²) in [6.45, 7) is 0.766. The lowest BCUT2D eigenvalue weighted by Crippen LogP contribution is -2.32. The Bertz CT molecular complexity index is 1010. The number of thioether (sulfide) groups is 1. The van der Waals surface area contributed by atoms with Crippen molar-refractivity contribution in [3.63, 3.8) is 0 Å². The van der Waals surface area contributed by atoms with Crippen LogP contribution in [-0.2, 0) is 4.79 Å². The van der Waals surface area contributed by atoms with Crippen LogP contribution >= 0.6 is 23.4 Å². The maximum atomic E-state index is 13.0. The summed E-state index contributed by atoms with van der Waals surface area (Å²) in [7, 11) is 1.66. The monoisotopic (exact) mass is 428 g/mol. The number of carbonyl (C=O) groups is 1. The predicted octanol–water partition coefficient (Wildman–Crippen LogP) is 4.39. The predicted molar refractivity (Wildman–Crippen MR) is 114 cm³/mol. The summed E-state index contributed by atoms with van der Waals surface area (Å²) in [5.41, 5.74) is 1.98. The SMILES string of the molecule is COc1cccc([C@@H]2CCCN2C(=O)CSc2nncn2-c2cccc(Cl)c2)c1. The van der Waals surface area contributed by atoms with Gasteiger partial charge >= 0.3 is 0 Å². The highest BCUT2D eigenvalue weighted by Crippen LogP contribution is 2.34. The third kappa shape index (κ3) is 4.41. The molecule has 0 bridgehead atoms. The van der Waals surface area contributed by atoms with Crippen LogP contribution in [0.5, 0.6) is 5.75 Å². The van der Waals surface area contributed by atoms with Gasteiger partial charge in [0.25, 0.3) is 0 Å². The third-order valence-corrected chi connectivity index (χ3v) is 6.14. The van der Waals surface area contributed by atoms with Crippen LogP contribution < -0.4 is 4.74 Å². The number of aromatic nitrogens is 3. The van der Waals surface area contributed by atoms with Crippen LogP contribution in [0.1, 0.15) is 24.4 Å². The Morgan fingerprint density at radius 3 is 2.97 bits per heavy atom. The Morgan fingerprint density at radius 1 is 1.28 bits per heavy atom. The Balaban J connectivity index is 1.45. The van der Waals surface area contributed by atoms with E-state index in [1.807, 2.05) is 51.9 Å². The van der Waals surface area contributed by atoms with Gasteiger partial charge in [0.1, 0.15) is 12.1 Å². The molecule has 3 aromatic rings. The van der Waals surface area contributed by atoms with E-state index in [1.165, 1.54) is 11.8 Å². The second-order valence-corrected chi connectivity index (χ2v) is 8.15. The molecule has 2 heterocycles. The molecule has 0 unspecified atom stereocenters. The summed E-state index contributed by atoms with van der Waals surface area (Å²) in [6, 6.07) is 15.5. The number of nitrogens with zero attached hydrogens (tertiary/aromatic N) is 4. The summed E-state index contributed by atoms with van der Waals surface area (Å²) in [6.07, 6.45) is 3.59. The van der Waals surface area contributed by atoms with Gasteiger partial charge in [-0.3, -0.25) is 9.36 Å². The number of methoxy groups -OCH3 is 1. The molecule has 0 aliphatic carbocycles. The summed E-state index contributed by atoms with van der Waals surface area (Å²) >= 11 is 7.48. The first-order valence-electron chi connectivity index (χ1n) is 9.38. The Morgan fingerprint density at radius 2 is 2.14 bits per heavy atom. The largest absolute Gasteiger partial charge is 0.497 e. The topological polar surface area (TPSA) is 60.2 Å². The van der Waals surface area contributed by atoms with Gasteiger partial charge in [-0.25, -0.2) is 0 Å². The minimum absolute atomic E-state index is 0.0870. The second kappa shape index (κ2) is 8.88. The minimum Gasteiger partial charge on any atom is -0.497 e. The Kier molecular flexibility index (Phi) is 6.06. The smallest absolute Gasteiger partial charge is 0.233 e. The molecule has 1 aliphatic rings. The average Bonchev–Trinajstić information content (AvgIpc) is 3.41. The van der Waals surface area contributed by atoms with Crippen molar-refractivity contribution in [2.45, 2.75) is 24.0 Å². The number of hydrogen-bond donors (Lipinski definition) is 0. The van der Waals surface area contributed by atoms with Crippen molar-refractivity contribution in [3.8, 4) is 11.4 Å². The number of hydrogen-bond acceptors (Lipinski definition) is 5. The zero-order valence-electron chi connectivity index (χ0n) is 16.0. The number of rotatable bonds is 6. The molecule has 29 heavy (non-hydrogen) atoms. The summed E-state index contributed by atoms with van der Waals surface area (Å²) in [5.74, 6) is 1.21. The molecule has 0 radical (unpaired) electrons. The van der Waals surface area contributed by atoms with Crippen LogP contribution in [-0.4, -0.2) is 45.0 Å². The van der Waals surface area contributed by atoms with Gasteiger partial charge in [-0.15, -0.1) is 10.2 Å². The number of halogens is 1. The summed E-state index contributed by atoms with van der Waals surface area (Å²) in [4.78, 5) is 14.9. The zero-order chi connectivity index (χ0) is 20.2. The van der Waals surface area contributed by atoms with E-state index >= 15 is 0 Å². The van der Waals surface area contributed by atoms with Gasteiger partial charge in [-0.2, -0.15) is 0 Å². The van der Waals surface area contributed by atoms with Crippen LogP contribution in [0.2, 0.25) is 5.02 Å². The molecule has 1 amide bonds. The highest BCUT2D eigenvalue weighted by Gasteiger charge is 2.30. The zero-order valence-corrected chi connectivity index (χ0v) is 17.6. The van der Waals surface area contributed by atoms with E-state index in [0.717, 1.165) is 36.4 Å². The van der Waals surface area contributed by atoms with E-state index in [0.29, 0.717) is 15.9 Å². The van der Waals surface area contributed by atoms with E-state index in [2.05, 4.69) is 16.3 Å². The van der Waals surface area contributed by atoms with E-state index in [-0.39, 0.29) is 11.9 Å². The van der Waals surface area contributed by atoms with Gasteiger partial charge in [-0.05, 0) is 48.7 Å². The summed E-state index contributed by atoms with van der Waals surface area (Å²) in [5, 5.41) is 9.47. The van der Waals surface area contributed by atoms with Crippen molar-refractivity contribution >= 4 is 29.3 Å². The molecular formula is C21H21ClN4O2S. The third-order valence-electron chi connectivity index (χ3n) is 4.98. The van der Waals surface area contributed by atoms with E-state index in [4.69, 9.17) is 16.3 Å². The average molecular weight is 429 g/mol. The maximum absolute atomic E-state index is 13.0. The number of amides is 1. The Hall–Kier alpha value is -2.51. The number of ether oxygens (including phenoxy) is 1. The Labute approximate surface area is 178 Å². The van der Waals surface area contributed by atoms with Gasteiger partial charge in [0.15, 0.2) is 5.16 Å². The highest BCUT2D eigenvalue weighted by molar-refractivity contribution is 7.99.